The molecule has 0 radical (unpaired) electrons. The van der Waals surface area contributed by atoms with Gasteiger partial charge >= 0.3 is 0 Å². The Hall–Kier alpha value is -1.80. The Morgan fingerprint density at radius 3 is 1.50 bits per heavy atom. The third-order valence-electron chi connectivity index (χ3n) is 10.1. The Balaban J connectivity index is 2.01. The number of fused-ring (bicyclic) bond motifs is 3. The Morgan fingerprint density at radius 1 is 0.684 bits per heavy atom. The van der Waals surface area contributed by atoms with E-state index in [1.165, 1.54) is 21.9 Å². The number of aromatic hydroxyl groups is 1. The van der Waals surface area contributed by atoms with Gasteiger partial charge < -0.3 is 5.11 Å². The standard InChI is InChI=1S/C36H54OSi/c1-13-38(14-2,31-20-23(3)19-30(32(31)37)36(10,11)12)33-28-21-24(34(4,5)6)15-17-26(28)27-18-16-25(22-29(27)33)35(7,8)9/h15-22,26-29,33,37H,13-14H2,1-12H3. The minimum absolute atomic E-state index is 0.0903. The van der Waals surface area contributed by atoms with Crippen LogP contribution in [0.4, 0.5) is 0 Å². The number of phenols is 1. The third kappa shape index (κ3) is 4.84. The Bertz CT molecular complexity index is 1130. The molecule has 1 aromatic carbocycles. The van der Waals surface area contributed by atoms with Crippen LogP contribution in [-0.4, -0.2) is 13.2 Å². The largest absolute Gasteiger partial charge is 0.508 e. The van der Waals surface area contributed by atoms with Gasteiger partial charge in [0.15, 0.2) is 0 Å². The van der Waals surface area contributed by atoms with E-state index in [9.17, 15) is 5.11 Å². The number of allylic oxidation sites excluding steroid dienone is 8. The quantitative estimate of drug-likeness (QED) is 0.384. The molecule has 1 aromatic rings. The summed E-state index contributed by atoms with van der Waals surface area (Å²) in [6.07, 6.45) is 15.3. The van der Waals surface area contributed by atoms with Crippen molar-refractivity contribution in [2.24, 2.45) is 34.5 Å². The molecule has 38 heavy (non-hydrogen) atoms. The van der Waals surface area contributed by atoms with Crippen molar-refractivity contribution in [3.63, 3.8) is 0 Å². The van der Waals surface area contributed by atoms with Crippen molar-refractivity contribution in [1.82, 2.24) is 0 Å². The molecular formula is C36H54OSi. The molecule has 1 nitrogen and oxygen atoms in total. The van der Waals surface area contributed by atoms with Crippen molar-refractivity contribution in [2.75, 3.05) is 0 Å². The topological polar surface area (TPSA) is 20.2 Å². The molecule has 3 aliphatic rings. The van der Waals surface area contributed by atoms with E-state index in [1.807, 2.05) is 0 Å². The number of aryl methyl sites for hydroxylation is 1. The van der Waals surface area contributed by atoms with E-state index < -0.39 is 8.07 Å². The van der Waals surface area contributed by atoms with Crippen LogP contribution < -0.4 is 5.19 Å². The van der Waals surface area contributed by atoms with Gasteiger partial charge in [-0.05, 0) is 74.3 Å². The maximum atomic E-state index is 12.0. The summed E-state index contributed by atoms with van der Waals surface area (Å²) in [6, 6.07) is 6.93. The lowest BCUT2D eigenvalue weighted by atomic mass is 9.74. The van der Waals surface area contributed by atoms with Crippen molar-refractivity contribution < 1.29 is 5.11 Å². The zero-order valence-electron chi connectivity index (χ0n) is 26.4. The molecule has 4 rings (SSSR count). The number of phenolic OH excluding ortho intramolecular Hbond substituents is 1. The molecule has 0 aliphatic heterocycles. The van der Waals surface area contributed by atoms with Gasteiger partial charge in [-0.3, -0.25) is 0 Å². The zero-order chi connectivity index (χ0) is 28.4. The van der Waals surface area contributed by atoms with Crippen molar-refractivity contribution in [2.45, 2.75) is 106 Å². The highest BCUT2D eigenvalue weighted by Crippen LogP contribution is 2.61. The number of rotatable bonds is 4. The van der Waals surface area contributed by atoms with Gasteiger partial charge in [0.2, 0.25) is 0 Å². The van der Waals surface area contributed by atoms with Gasteiger partial charge in [-0.15, -0.1) is 0 Å². The van der Waals surface area contributed by atoms with Crippen LogP contribution in [0.15, 0.2) is 59.7 Å². The van der Waals surface area contributed by atoms with E-state index in [0.717, 1.165) is 17.7 Å². The first kappa shape index (κ1) is 29.2. The summed E-state index contributed by atoms with van der Waals surface area (Å²) >= 11 is 0. The van der Waals surface area contributed by atoms with Crippen LogP contribution in [0.5, 0.6) is 5.75 Å². The number of benzene rings is 1. The second-order valence-electron chi connectivity index (χ2n) is 15.6. The zero-order valence-corrected chi connectivity index (χ0v) is 27.4. The van der Waals surface area contributed by atoms with E-state index in [-0.39, 0.29) is 16.2 Å². The third-order valence-corrected chi connectivity index (χ3v) is 16.2. The molecule has 3 aliphatic carbocycles. The fourth-order valence-corrected chi connectivity index (χ4v) is 13.7. The van der Waals surface area contributed by atoms with Crippen LogP contribution in [0.25, 0.3) is 0 Å². The van der Waals surface area contributed by atoms with Gasteiger partial charge in [-0.1, -0.05) is 142 Å². The molecule has 0 amide bonds. The van der Waals surface area contributed by atoms with Crippen LogP contribution in [-0.2, 0) is 5.41 Å². The van der Waals surface area contributed by atoms with E-state index in [4.69, 9.17) is 0 Å². The van der Waals surface area contributed by atoms with E-state index in [1.54, 1.807) is 0 Å². The molecule has 1 N–H and O–H groups in total. The van der Waals surface area contributed by atoms with E-state index in [0.29, 0.717) is 35.0 Å². The van der Waals surface area contributed by atoms with Crippen molar-refractivity contribution in [1.29, 1.82) is 0 Å². The molecule has 0 saturated heterocycles. The van der Waals surface area contributed by atoms with Crippen molar-refractivity contribution >= 4 is 13.3 Å². The summed E-state index contributed by atoms with van der Waals surface area (Å²) < 4.78 is 0. The van der Waals surface area contributed by atoms with Gasteiger partial charge in [0.05, 0.1) is 8.07 Å². The second kappa shape index (κ2) is 9.68. The molecule has 0 spiro atoms. The number of hydrogen-bond acceptors (Lipinski definition) is 1. The lowest BCUT2D eigenvalue weighted by Crippen LogP contribution is -2.54. The maximum absolute atomic E-state index is 12.0. The average molecular weight is 531 g/mol. The summed E-state index contributed by atoms with van der Waals surface area (Å²) in [6.45, 7) is 27.9. The molecule has 0 heterocycles. The summed E-state index contributed by atoms with van der Waals surface area (Å²) in [5.41, 5.74) is 6.09. The van der Waals surface area contributed by atoms with Gasteiger partial charge in [-0.25, -0.2) is 0 Å². The van der Waals surface area contributed by atoms with Crippen molar-refractivity contribution in [3.05, 3.63) is 70.9 Å². The molecule has 1 saturated carbocycles. The maximum Gasteiger partial charge on any atom is 0.118 e. The lowest BCUT2D eigenvalue weighted by molar-refractivity contribution is 0.433. The van der Waals surface area contributed by atoms with Crippen LogP contribution in [0.1, 0.15) is 87.3 Å². The van der Waals surface area contributed by atoms with Gasteiger partial charge in [0.1, 0.15) is 5.75 Å². The van der Waals surface area contributed by atoms with Gasteiger partial charge in [-0.2, -0.15) is 0 Å². The van der Waals surface area contributed by atoms with Crippen LogP contribution >= 0.6 is 0 Å². The summed E-state index contributed by atoms with van der Waals surface area (Å²) in [5.74, 6) is 2.67. The van der Waals surface area contributed by atoms with Crippen LogP contribution in [0.2, 0.25) is 17.6 Å². The predicted molar refractivity (Wildman–Crippen MR) is 169 cm³/mol. The minimum Gasteiger partial charge on any atom is -0.508 e. The van der Waals surface area contributed by atoms with Gasteiger partial charge in [0.25, 0.3) is 0 Å². The monoisotopic (exact) mass is 530 g/mol. The molecule has 0 bridgehead atoms. The van der Waals surface area contributed by atoms with Crippen LogP contribution in [0.3, 0.4) is 0 Å². The molecule has 208 valence electrons. The Labute approximate surface area is 235 Å². The fourth-order valence-electron chi connectivity index (χ4n) is 7.90. The smallest absolute Gasteiger partial charge is 0.118 e. The van der Waals surface area contributed by atoms with Crippen molar-refractivity contribution in [3.8, 4) is 5.75 Å². The predicted octanol–water partition coefficient (Wildman–Crippen LogP) is 9.63. The van der Waals surface area contributed by atoms with Crippen LogP contribution in [0, 0.1) is 41.4 Å². The minimum atomic E-state index is -2.17. The average Bonchev–Trinajstić information content (AvgIpc) is 3.14. The lowest BCUT2D eigenvalue weighted by Gasteiger charge is -2.44. The molecule has 2 heteroatoms. The molecule has 1 fully saturated rings. The summed E-state index contributed by atoms with van der Waals surface area (Å²) in [4.78, 5) is 0. The van der Waals surface area contributed by atoms with E-state index >= 15 is 0 Å². The van der Waals surface area contributed by atoms with E-state index in [2.05, 4.69) is 132 Å². The fraction of sp³-hybridized carbons (Fsp3) is 0.611. The summed E-state index contributed by atoms with van der Waals surface area (Å²) in [7, 11) is -2.17. The first-order chi connectivity index (χ1) is 17.5. The molecule has 0 aromatic heterocycles. The first-order valence-electron chi connectivity index (χ1n) is 15.1. The Kier molecular flexibility index (Phi) is 7.44. The highest BCUT2D eigenvalue weighted by Gasteiger charge is 2.58. The summed E-state index contributed by atoms with van der Waals surface area (Å²) in [5, 5.41) is 13.4. The number of hydrogen-bond donors (Lipinski definition) is 1. The molecule has 4 unspecified atom stereocenters. The highest BCUT2D eigenvalue weighted by atomic mass is 28.3. The first-order valence-corrected chi connectivity index (χ1v) is 17.6. The highest BCUT2D eigenvalue weighted by molar-refractivity contribution is 6.93. The Morgan fingerprint density at radius 2 is 1.13 bits per heavy atom. The molecule has 4 atom stereocenters. The normalized spacial score (nSPS) is 27.6. The second-order valence-corrected chi connectivity index (χ2v) is 20.6. The molecular weight excluding hydrogens is 476 g/mol. The SMILES string of the molecule is CC[Si](CC)(c1cc(C)cc(C(C)(C)C)c1O)C1C2C=C(C(C)(C)C)C=CC2C2C=CC(C(C)(C)C)=CC21. The van der Waals surface area contributed by atoms with Gasteiger partial charge in [0, 0.05) is 0 Å².